The standard InChI is InChI=1S/C16H21N3O3S/c1-11-2-3-13-12(8-11)18-15(22-13)19-9-14(17)16(10-19)4-6-23(20,21)7-5-16/h2-3,8,14H,4-7,9-10,17H2,1H3. The first kappa shape index (κ1) is 15.0. The Morgan fingerprint density at radius 3 is 2.83 bits per heavy atom. The van der Waals surface area contributed by atoms with Gasteiger partial charge in [0.05, 0.1) is 11.5 Å². The molecule has 1 unspecified atom stereocenters. The third-order valence-corrected chi connectivity index (χ3v) is 6.99. The molecule has 1 spiro atoms. The third kappa shape index (κ3) is 2.52. The number of aryl methyl sites for hydroxylation is 1. The first-order valence-corrected chi connectivity index (χ1v) is 9.77. The smallest absolute Gasteiger partial charge is 0.298 e. The second-order valence-corrected chi connectivity index (χ2v) is 9.27. The summed E-state index contributed by atoms with van der Waals surface area (Å²) in [5.74, 6) is 0.475. The van der Waals surface area contributed by atoms with Gasteiger partial charge in [0.15, 0.2) is 5.58 Å². The maximum atomic E-state index is 11.7. The van der Waals surface area contributed by atoms with E-state index >= 15 is 0 Å². The number of hydrogen-bond donors (Lipinski definition) is 1. The highest BCUT2D eigenvalue weighted by molar-refractivity contribution is 7.91. The van der Waals surface area contributed by atoms with E-state index in [-0.39, 0.29) is 23.0 Å². The van der Waals surface area contributed by atoms with E-state index in [1.807, 2.05) is 25.1 Å². The number of aromatic nitrogens is 1. The van der Waals surface area contributed by atoms with Gasteiger partial charge in [-0.15, -0.1) is 0 Å². The monoisotopic (exact) mass is 335 g/mol. The van der Waals surface area contributed by atoms with Gasteiger partial charge in [-0.25, -0.2) is 8.42 Å². The number of rotatable bonds is 1. The van der Waals surface area contributed by atoms with Crippen molar-refractivity contribution in [3.63, 3.8) is 0 Å². The van der Waals surface area contributed by atoms with E-state index in [4.69, 9.17) is 10.2 Å². The number of benzene rings is 1. The van der Waals surface area contributed by atoms with Gasteiger partial charge in [0.2, 0.25) is 0 Å². The molecule has 1 aromatic heterocycles. The van der Waals surface area contributed by atoms with Gasteiger partial charge in [0.1, 0.15) is 15.4 Å². The normalized spacial score (nSPS) is 26.2. The van der Waals surface area contributed by atoms with Crippen LogP contribution in [0.1, 0.15) is 18.4 Å². The minimum absolute atomic E-state index is 0.0465. The molecule has 2 aliphatic heterocycles. The molecule has 2 aromatic rings. The highest BCUT2D eigenvalue weighted by Crippen LogP contribution is 2.42. The molecule has 23 heavy (non-hydrogen) atoms. The van der Waals surface area contributed by atoms with E-state index in [9.17, 15) is 8.42 Å². The average Bonchev–Trinajstić information content (AvgIpc) is 3.04. The van der Waals surface area contributed by atoms with E-state index < -0.39 is 9.84 Å². The molecular formula is C16H21N3O3S. The quantitative estimate of drug-likeness (QED) is 0.849. The van der Waals surface area contributed by atoms with Gasteiger partial charge >= 0.3 is 0 Å². The van der Waals surface area contributed by atoms with E-state index in [1.165, 1.54) is 0 Å². The number of sulfone groups is 1. The molecule has 2 N–H and O–H groups in total. The summed E-state index contributed by atoms with van der Waals surface area (Å²) in [5.41, 5.74) is 9.00. The van der Waals surface area contributed by atoms with Crippen LogP contribution in [0.25, 0.3) is 11.1 Å². The summed E-state index contributed by atoms with van der Waals surface area (Å²) in [6.45, 7) is 3.40. The zero-order chi connectivity index (χ0) is 16.2. The first-order valence-electron chi connectivity index (χ1n) is 7.95. The summed E-state index contributed by atoms with van der Waals surface area (Å²) in [7, 11) is -2.89. The van der Waals surface area contributed by atoms with Crippen LogP contribution in [0, 0.1) is 12.3 Å². The van der Waals surface area contributed by atoms with Gasteiger partial charge in [-0.2, -0.15) is 4.98 Å². The first-order chi connectivity index (χ1) is 10.9. The molecule has 3 heterocycles. The molecule has 0 bridgehead atoms. The number of oxazole rings is 1. The minimum Gasteiger partial charge on any atom is -0.423 e. The number of nitrogens with zero attached hydrogens (tertiary/aromatic N) is 2. The molecule has 0 aliphatic carbocycles. The van der Waals surface area contributed by atoms with Gasteiger partial charge < -0.3 is 15.1 Å². The second kappa shape index (κ2) is 4.95. The summed E-state index contributed by atoms with van der Waals surface area (Å²) in [6.07, 6.45) is 1.26. The lowest BCUT2D eigenvalue weighted by molar-refractivity contribution is 0.256. The maximum absolute atomic E-state index is 11.7. The lowest BCUT2D eigenvalue weighted by Crippen LogP contribution is -2.46. The van der Waals surface area contributed by atoms with Crippen LogP contribution in [0.2, 0.25) is 0 Å². The predicted molar refractivity (Wildman–Crippen MR) is 89.3 cm³/mol. The lowest BCUT2D eigenvalue weighted by atomic mass is 9.78. The maximum Gasteiger partial charge on any atom is 0.298 e. The Balaban J connectivity index is 1.61. The van der Waals surface area contributed by atoms with Gasteiger partial charge in [0.25, 0.3) is 6.01 Å². The van der Waals surface area contributed by atoms with Crippen molar-refractivity contribution in [3.8, 4) is 0 Å². The summed E-state index contributed by atoms with van der Waals surface area (Å²) in [5, 5.41) is 0. The van der Waals surface area contributed by atoms with Gasteiger partial charge in [-0.1, -0.05) is 6.07 Å². The zero-order valence-corrected chi connectivity index (χ0v) is 14.0. The summed E-state index contributed by atoms with van der Waals surface area (Å²) >= 11 is 0. The SMILES string of the molecule is Cc1ccc2oc(N3CC(N)C4(CCS(=O)(=O)CC4)C3)nc2c1. The minimum atomic E-state index is -2.89. The van der Waals surface area contributed by atoms with Crippen molar-refractivity contribution in [2.24, 2.45) is 11.1 Å². The van der Waals surface area contributed by atoms with Crippen LogP contribution >= 0.6 is 0 Å². The average molecular weight is 335 g/mol. The fourth-order valence-corrected chi connectivity index (χ4v) is 5.41. The molecule has 7 heteroatoms. The molecular weight excluding hydrogens is 314 g/mol. The molecule has 2 saturated heterocycles. The van der Waals surface area contributed by atoms with Crippen LogP contribution in [0.3, 0.4) is 0 Å². The summed E-state index contributed by atoms with van der Waals surface area (Å²) in [4.78, 5) is 6.65. The molecule has 6 nitrogen and oxygen atoms in total. The van der Waals surface area contributed by atoms with E-state index in [0.717, 1.165) is 23.2 Å². The van der Waals surface area contributed by atoms with Crippen LogP contribution in [0.4, 0.5) is 6.01 Å². The Labute approximate surface area is 135 Å². The number of anilines is 1. The Morgan fingerprint density at radius 1 is 1.35 bits per heavy atom. The molecule has 2 aliphatic rings. The highest BCUT2D eigenvalue weighted by Gasteiger charge is 2.48. The Hall–Kier alpha value is -1.60. The number of nitrogens with two attached hydrogens (primary N) is 1. The van der Waals surface area contributed by atoms with Gasteiger partial charge in [-0.05, 0) is 37.5 Å². The third-order valence-electron chi connectivity index (χ3n) is 5.33. The van der Waals surface area contributed by atoms with Crippen molar-refractivity contribution in [2.45, 2.75) is 25.8 Å². The Kier molecular flexibility index (Phi) is 3.22. The van der Waals surface area contributed by atoms with Crippen molar-refractivity contribution in [1.29, 1.82) is 0 Å². The van der Waals surface area contributed by atoms with Crippen molar-refractivity contribution in [3.05, 3.63) is 23.8 Å². The molecule has 0 saturated carbocycles. The fraction of sp³-hybridized carbons (Fsp3) is 0.562. The van der Waals surface area contributed by atoms with Crippen molar-refractivity contribution in [1.82, 2.24) is 4.98 Å². The number of hydrogen-bond acceptors (Lipinski definition) is 6. The van der Waals surface area contributed by atoms with E-state index in [2.05, 4.69) is 9.88 Å². The van der Waals surface area contributed by atoms with Crippen LogP contribution in [-0.4, -0.2) is 44.0 Å². The van der Waals surface area contributed by atoms with Crippen molar-refractivity contribution in [2.75, 3.05) is 29.5 Å². The second-order valence-electron chi connectivity index (χ2n) is 6.97. The zero-order valence-electron chi connectivity index (χ0n) is 13.2. The molecule has 0 radical (unpaired) electrons. The van der Waals surface area contributed by atoms with Crippen LogP contribution in [-0.2, 0) is 9.84 Å². The van der Waals surface area contributed by atoms with E-state index in [0.29, 0.717) is 25.4 Å². The summed E-state index contributed by atoms with van der Waals surface area (Å²) < 4.78 is 29.3. The Morgan fingerprint density at radius 2 is 2.09 bits per heavy atom. The molecule has 4 rings (SSSR count). The van der Waals surface area contributed by atoms with Crippen LogP contribution < -0.4 is 10.6 Å². The molecule has 1 aromatic carbocycles. The topological polar surface area (TPSA) is 89.4 Å². The molecule has 2 fully saturated rings. The predicted octanol–water partition coefficient (Wildman–Crippen LogP) is 1.48. The lowest BCUT2D eigenvalue weighted by Gasteiger charge is -2.35. The van der Waals surface area contributed by atoms with Crippen LogP contribution in [0.5, 0.6) is 0 Å². The van der Waals surface area contributed by atoms with Gasteiger partial charge in [0, 0.05) is 24.5 Å². The largest absolute Gasteiger partial charge is 0.423 e. The van der Waals surface area contributed by atoms with Crippen LogP contribution in [0.15, 0.2) is 22.6 Å². The van der Waals surface area contributed by atoms with Crippen molar-refractivity contribution >= 4 is 27.0 Å². The molecule has 0 amide bonds. The highest BCUT2D eigenvalue weighted by atomic mass is 32.2. The van der Waals surface area contributed by atoms with E-state index in [1.54, 1.807) is 0 Å². The Bertz CT molecular complexity index is 845. The van der Waals surface area contributed by atoms with Gasteiger partial charge in [-0.3, -0.25) is 0 Å². The molecule has 1 atom stereocenters. The summed E-state index contributed by atoms with van der Waals surface area (Å²) in [6, 6.07) is 6.48. The fourth-order valence-electron chi connectivity index (χ4n) is 3.77. The molecule has 124 valence electrons. The number of fused-ring (bicyclic) bond motifs is 1. The van der Waals surface area contributed by atoms with Crippen molar-refractivity contribution < 1.29 is 12.8 Å².